The van der Waals surface area contributed by atoms with E-state index in [0.29, 0.717) is 16.9 Å². The highest BCUT2D eigenvalue weighted by atomic mass is 16.3. The molecule has 0 aliphatic rings. The summed E-state index contributed by atoms with van der Waals surface area (Å²) in [5.41, 5.74) is 7.90. The number of hydrogen-bond acceptors (Lipinski definition) is 2. The molecule has 3 heterocycles. The van der Waals surface area contributed by atoms with E-state index >= 15 is 0 Å². The van der Waals surface area contributed by atoms with Crippen LogP contribution < -0.4 is 0 Å². The summed E-state index contributed by atoms with van der Waals surface area (Å²) in [6, 6.07) is 43.2. The Morgan fingerprint density at radius 1 is 0.581 bits per heavy atom. The largest absolute Gasteiger partial charge is 0.455 e. The van der Waals surface area contributed by atoms with E-state index in [-0.39, 0.29) is 0 Å². The van der Waals surface area contributed by atoms with E-state index in [1.54, 1.807) is 6.07 Å². The highest BCUT2D eigenvalue weighted by Gasteiger charge is 2.22. The smallest absolute Gasteiger partial charge is 0.212 e. The second-order valence-corrected chi connectivity index (χ2v) is 10.7. The molecule has 0 bridgehead atoms. The van der Waals surface area contributed by atoms with Crippen molar-refractivity contribution in [2.75, 3.05) is 0 Å². The maximum absolute atomic E-state index is 10.3. The Morgan fingerprint density at radius 2 is 1.16 bits per heavy atom. The predicted molar refractivity (Wildman–Crippen MR) is 173 cm³/mol. The Morgan fingerprint density at radius 3 is 1.84 bits per heavy atom. The summed E-state index contributed by atoms with van der Waals surface area (Å²) in [4.78, 5) is 3.94. The molecule has 0 saturated carbocycles. The van der Waals surface area contributed by atoms with E-state index in [2.05, 4.69) is 74.6 Å². The van der Waals surface area contributed by atoms with Gasteiger partial charge in [-0.3, -0.25) is 0 Å². The van der Waals surface area contributed by atoms with Crippen molar-refractivity contribution in [3.63, 3.8) is 0 Å². The lowest BCUT2D eigenvalue weighted by molar-refractivity contribution is 0.673. The molecule has 3 aromatic heterocycles. The molecule has 0 aliphatic carbocycles. The van der Waals surface area contributed by atoms with Gasteiger partial charge in [0.15, 0.2) is 0 Å². The number of furan rings is 1. The molecule has 0 N–H and O–H groups in total. The molecule has 9 rings (SSSR count). The average Bonchev–Trinajstić information content (AvgIpc) is 3.72. The molecule has 5 heteroatoms. The van der Waals surface area contributed by atoms with Gasteiger partial charge in [0.2, 0.25) is 5.69 Å². The molecule has 0 fully saturated rings. The molecule has 0 atom stereocenters. The van der Waals surface area contributed by atoms with Crippen molar-refractivity contribution >= 4 is 71.2 Å². The summed E-state index contributed by atoms with van der Waals surface area (Å²) in [5.74, 6) is 0. The molecule has 6 aromatic carbocycles. The minimum atomic E-state index is 0.411. The first-order valence-electron chi connectivity index (χ1n) is 14.0. The molecule has 198 valence electrons. The summed E-state index contributed by atoms with van der Waals surface area (Å²) in [6.07, 6.45) is 0. The summed E-state index contributed by atoms with van der Waals surface area (Å²) in [6.45, 7) is 8.16. The van der Waals surface area contributed by atoms with Crippen LogP contribution in [0.3, 0.4) is 0 Å². The molecule has 0 saturated heterocycles. The molecule has 5 nitrogen and oxygen atoms in total. The minimum Gasteiger partial charge on any atom is -0.455 e. The van der Waals surface area contributed by atoms with E-state index in [0.717, 1.165) is 71.2 Å². The fourth-order valence-corrected chi connectivity index (χ4v) is 6.79. The van der Waals surface area contributed by atoms with Crippen molar-refractivity contribution in [2.45, 2.75) is 0 Å². The molecular weight excluding hydrogens is 528 g/mol. The van der Waals surface area contributed by atoms with Gasteiger partial charge in [-0.25, -0.2) is 4.85 Å². The monoisotopic (exact) mass is 548 g/mol. The standard InChI is InChI=1S/C38H20N4O/c1-40-29-20-23(22-39)34(41-30-14-6-2-10-24(30)25-11-3-7-15-31(25)41)21-35(29)42-32-16-8-4-13-28(32)37-33(42)19-18-27-26-12-5-9-17-36(26)43-38(27)37/h2-21H. The third-order valence-corrected chi connectivity index (χ3v) is 8.58. The first-order valence-corrected chi connectivity index (χ1v) is 14.0. The van der Waals surface area contributed by atoms with Gasteiger partial charge in [-0.1, -0.05) is 72.8 Å². The highest BCUT2D eigenvalue weighted by Crippen LogP contribution is 2.43. The van der Waals surface area contributed by atoms with Crippen LogP contribution >= 0.6 is 0 Å². The van der Waals surface area contributed by atoms with Crippen molar-refractivity contribution in [2.24, 2.45) is 0 Å². The predicted octanol–water partition coefficient (Wildman–Crippen LogP) is 10.2. The lowest BCUT2D eigenvalue weighted by atomic mass is 10.1. The third kappa shape index (κ3) is 3.08. The SMILES string of the molecule is [C-]#[N+]c1cc(C#N)c(-n2c3ccccc3c3ccccc32)cc1-n1c2ccccc2c2c3oc4ccccc4c3ccc21. The number of rotatable bonds is 2. The van der Waals surface area contributed by atoms with Crippen molar-refractivity contribution in [3.05, 3.63) is 138 Å². The Bertz CT molecular complexity index is 2650. The molecular formula is C38H20N4O. The van der Waals surface area contributed by atoms with Crippen LogP contribution in [-0.4, -0.2) is 9.13 Å². The number of fused-ring (bicyclic) bond motifs is 10. The summed E-state index contributed by atoms with van der Waals surface area (Å²) in [7, 11) is 0. The lowest BCUT2D eigenvalue weighted by Gasteiger charge is -2.16. The van der Waals surface area contributed by atoms with E-state index < -0.39 is 0 Å². The van der Waals surface area contributed by atoms with Crippen LogP contribution in [0.2, 0.25) is 0 Å². The normalized spacial score (nSPS) is 11.7. The van der Waals surface area contributed by atoms with Gasteiger partial charge in [-0.2, -0.15) is 5.26 Å². The fourth-order valence-electron chi connectivity index (χ4n) is 6.79. The first kappa shape index (κ1) is 23.4. The second kappa shape index (κ2) is 8.60. The molecule has 0 aliphatic heterocycles. The van der Waals surface area contributed by atoms with Crippen LogP contribution in [0.15, 0.2) is 126 Å². The van der Waals surface area contributed by atoms with Gasteiger partial charge in [-0.15, -0.1) is 0 Å². The van der Waals surface area contributed by atoms with Gasteiger partial charge < -0.3 is 13.6 Å². The number of para-hydroxylation sites is 4. The van der Waals surface area contributed by atoms with Crippen molar-refractivity contribution in [1.82, 2.24) is 9.13 Å². The zero-order chi connectivity index (χ0) is 28.7. The first-order chi connectivity index (χ1) is 21.3. The average molecular weight is 549 g/mol. The van der Waals surface area contributed by atoms with Crippen LogP contribution in [0, 0.1) is 17.9 Å². The maximum atomic E-state index is 10.3. The quantitative estimate of drug-likeness (QED) is 0.202. The maximum Gasteiger partial charge on any atom is 0.212 e. The van der Waals surface area contributed by atoms with Crippen LogP contribution in [0.1, 0.15) is 5.56 Å². The molecule has 0 radical (unpaired) electrons. The van der Waals surface area contributed by atoms with Gasteiger partial charge in [0, 0.05) is 26.9 Å². The lowest BCUT2D eigenvalue weighted by Crippen LogP contribution is -2.02. The topological polar surface area (TPSA) is 51.1 Å². The number of hydrogen-bond donors (Lipinski definition) is 0. The van der Waals surface area contributed by atoms with Crippen LogP contribution in [0.5, 0.6) is 0 Å². The van der Waals surface area contributed by atoms with Crippen molar-refractivity contribution in [1.29, 1.82) is 5.26 Å². The summed E-state index contributed by atoms with van der Waals surface area (Å²) < 4.78 is 10.8. The van der Waals surface area contributed by atoms with Crippen LogP contribution in [-0.2, 0) is 0 Å². The van der Waals surface area contributed by atoms with Gasteiger partial charge >= 0.3 is 0 Å². The van der Waals surface area contributed by atoms with Gasteiger partial charge in [0.25, 0.3) is 0 Å². The molecule has 0 unspecified atom stereocenters. The zero-order valence-corrected chi connectivity index (χ0v) is 22.7. The van der Waals surface area contributed by atoms with Gasteiger partial charge in [0.1, 0.15) is 11.2 Å². The molecule has 9 aromatic rings. The Hall–Kier alpha value is -6.30. The zero-order valence-electron chi connectivity index (χ0n) is 22.7. The second-order valence-electron chi connectivity index (χ2n) is 10.7. The highest BCUT2D eigenvalue weighted by molar-refractivity contribution is 6.24. The summed E-state index contributed by atoms with van der Waals surface area (Å²) in [5, 5.41) is 16.8. The van der Waals surface area contributed by atoms with E-state index in [1.807, 2.05) is 60.7 Å². The number of nitrogens with zero attached hydrogens (tertiary/aromatic N) is 4. The van der Waals surface area contributed by atoms with Crippen molar-refractivity contribution < 1.29 is 4.42 Å². The van der Waals surface area contributed by atoms with Crippen LogP contribution in [0.4, 0.5) is 5.69 Å². The molecule has 0 spiro atoms. The Labute approximate surface area is 245 Å². The summed E-state index contributed by atoms with van der Waals surface area (Å²) >= 11 is 0. The van der Waals surface area contributed by atoms with E-state index in [1.165, 1.54) is 0 Å². The Balaban J connectivity index is 1.44. The third-order valence-electron chi connectivity index (χ3n) is 8.58. The molecule has 0 amide bonds. The van der Waals surface area contributed by atoms with Crippen LogP contribution in [0.25, 0.3) is 81.8 Å². The number of nitriles is 1. The number of aromatic nitrogens is 2. The Kier molecular flexibility index (Phi) is 4.68. The fraction of sp³-hybridized carbons (Fsp3) is 0. The van der Waals surface area contributed by atoms with Gasteiger partial charge in [0.05, 0.1) is 57.0 Å². The van der Waals surface area contributed by atoms with Gasteiger partial charge in [-0.05, 0) is 48.5 Å². The van der Waals surface area contributed by atoms with Crippen molar-refractivity contribution in [3.8, 4) is 17.4 Å². The molecule has 43 heavy (non-hydrogen) atoms. The minimum absolute atomic E-state index is 0.411. The number of benzene rings is 6. The van der Waals surface area contributed by atoms with E-state index in [4.69, 9.17) is 11.0 Å². The van der Waals surface area contributed by atoms with E-state index in [9.17, 15) is 5.26 Å².